The average molecular weight is 347 g/mol. The summed E-state index contributed by atoms with van der Waals surface area (Å²) in [7, 11) is 0. The van der Waals surface area contributed by atoms with E-state index in [1.165, 1.54) is 11.1 Å². The van der Waals surface area contributed by atoms with Gasteiger partial charge in [0.15, 0.2) is 0 Å². The van der Waals surface area contributed by atoms with E-state index in [4.69, 9.17) is 4.42 Å². The van der Waals surface area contributed by atoms with E-state index in [1.807, 2.05) is 29.2 Å². The smallest absolute Gasteiger partial charge is 0.219 e. The van der Waals surface area contributed by atoms with Crippen molar-refractivity contribution in [3.8, 4) is 0 Å². The van der Waals surface area contributed by atoms with Gasteiger partial charge in [0.1, 0.15) is 5.76 Å². The molecule has 0 saturated carbocycles. The summed E-state index contributed by atoms with van der Waals surface area (Å²) in [5, 5.41) is 0. The molecule has 0 bridgehead atoms. The zero-order valence-electron chi connectivity index (χ0n) is 15.2. The molecule has 0 aliphatic carbocycles. The van der Waals surface area contributed by atoms with Gasteiger partial charge in [0.05, 0.1) is 12.8 Å². The molecule has 0 saturated heterocycles. The van der Waals surface area contributed by atoms with E-state index in [-0.39, 0.29) is 5.91 Å². The molecule has 3 nitrogen and oxygen atoms in total. The van der Waals surface area contributed by atoms with E-state index in [0.29, 0.717) is 19.0 Å². The number of amides is 1. The van der Waals surface area contributed by atoms with E-state index >= 15 is 0 Å². The van der Waals surface area contributed by atoms with Gasteiger partial charge in [-0.05, 0) is 42.0 Å². The molecule has 0 aliphatic heterocycles. The summed E-state index contributed by atoms with van der Waals surface area (Å²) in [6, 6.07) is 24.9. The van der Waals surface area contributed by atoms with E-state index in [0.717, 1.165) is 18.6 Å². The van der Waals surface area contributed by atoms with Crippen molar-refractivity contribution < 1.29 is 9.21 Å². The van der Waals surface area contributed by atoms with Crippen molar-refractivity contribution in [2.75, 3.05) is 6.54 Å². The van der Waals surface area contributed by atoms with Crippen LogP contribution in [0.25, 0.3) is 0 Å². The van der Waals surface area contributed by atoms with Gasteiger partial charge < -0.3 is 9.32 Å². The number of hydrogen-bond acceptors (Lipinski definition) is 2. The first-order chi connectivity index (χ1) is 12.7. The number of rotatable bonds is 8. The van der Waals surface area contributed by atoms with Crippen molar-refractivity contribution in [1.82, 2.24) is 4.90 Å². The minimum absolute atomic E-state index is 0.0768. The Balaban J connectivity index is 1.71. The van der Waals surface area contributed by atoms with Gasteiger partial charge in [0.25, 0.3) is 0 Å². The first-order valence-electron chi connectivity index (χ1n) is 9.09. The Bertz CT molecular complexity index is 782. The van der Waals surface area contributed by atoms with Crippen LogP contribution in [-0.4, -0.2) is 17.4 Å². The molecule has 0 N–H and O–H groups in total. The van der Waals surface area contributed by atoms with Crippen molar-refractivity contribution >= 4 is 5.91 Å². The Morgan fingerprint density at radius 1 is 0.962 bits per heavy atom. The van der Waals surface area contributed by atoms with Gasteiger partial charge in [0.2, 0.25) is 5.91 Å². The number of hydrogen-bond donors (Lipinski definition) is 0. The molecular formula is C23H25NO2. The third-order valence-electron chi connectivity index (χ3n) is 4.72. The summed E-state index contributed by atoms with van der Waals surface area (Å²) in [4.78, 5) is 13.9. The lowest BCUT2D eigenvalue weighted by atomic mass is 9.89. The lowest BCUT2D eigenvalue weighted by Gasteiger charge is -2.24. The van der Waals surface area contributed by atoms with Crippen molar-refractivity contribution in [2.45, 2.75) is 32.2 Å². The molecule has 0 unspecified atom stereocenters. The fraction of sp³-hybridized carbons (Fsp3) is 0.261. The Hall–Kier alpha value is -2.81. The monoisotopic (exact) mass is 347 g/mol. The van der Waals surface area contributed by atoms with Crippen molar-refractivity contribution in [2.24, 2.45) is 0 Å². The van der Waals surface area contributed by atoms with Gasteiger partial charge >= 0.3 is 0 Å². The molecule has 1 atom stereocenters. The number of nitrogens with zero attached hydrogens (tertiary/aromatic N) is 1. The normalized spacial score (nSPS) is 11.9. The van der Waals surface area contributed by atoms with Crippen molar-refractivity contribution in [3.63, 3.8) is 0 Å². The van der Waals surface area contributed by atoms with Crippen LogP contribution in [0.4, 0.5) is 0 Å². The first-order valence-corrected chi connectivity index (χ1v) is 9.09. The largest absolute Gasteiger partial charge is 0.467 e. The van der Waals surface area contributed by atoms with Gasteiger partial charge in [-0.3, -0.25) is 4.79 Å². The van der Waals surface area contributed by atoms with Gasteiger partial charge in [-0.25, -0.2) is 0 Å². The predicted molar refractivity (Wildman–Crippen MR) is 104 cm³/mol. The lowest BCUT2D eigenvalue weighted by Crippen LogP contribution is -2.30. The highest BCUT2D eigenvalue weighted by Crippen LogP contribution is 2.25. The summed E-state index contributed by atoms with van der Waals surface area (Å²) in [5.41, 5.74) is 2.64. The van der Waals surface area contributed by atoms with E-state index < -0.39 is 0 Å². The van der Waals surface area contributed by atoms with Crippen LogP contribution in [0.5, 0.6) is 0 Å². The average Bonchev–Trinajstić information content (AvgIpc) is 3.18. The van der Waals surface area contributed by atoms with Gasteiger partial charge in [-0.1, -0.05) is 60.7 Å². The second kappa shape index (κ2) is 9.04. The third kappa shape index (κ3) is 5.09. The van der Waals surface area contributed by atoms with Crippen LogP contribution in [0.1, 0.15) is 36.1 Å². The molecule has 0 radical (unpaired) electrons. The van der Waals surface area contributed by atoms with Crippen LogP contribution >= 0.6 is 0 Å². The van der Waals surface area contributed by atoms with E-state index in [9.17, 15) is 4.79 Å². The zero-order valence-corrected chi connectivity index (χ0v) is 15.2. The van der Waals surface area contributed by atoms with Crippen LogP contribution in [0.15, 0.2) is 83.5 Å². The summed E-state index contributed by atoms with van der Waals surface area (Å²) in [6.07, 6.45) is 3.53. The van der Waals surface area contributed by atoms with Crippen LogP contribution < -0.4 is 0 Å². The molecule has 0 spiro atoms. The van der Waals surface area contributed by atoms with Crippen LogP contribution in [-0.2, 0) is 17.8 Å². The molecule has 1 heterocycles. The number of furan rings is 1. The molecule has 3 heteroatoms. The minimum atomic E-state index is 0.0768. The Morgan fingerprint density at radius 2 is 1.65 bits per heavy atom. The Morgan fingerprint density at radius 3 is 2.27 bits per heavy atom. The van der Waals surface area contributed by atoms with Gasteiger partial charge in [0, 0.05) is 13.5 Å². The van der Waals surface area contributed by atoms with E-state index in [2.05, 4.69) is 48.5 Å². The second-order valence-electron chi connectivity index (χ2n) is 6.61. The number of carbonyl (C=O) groups excluding carboxylic acids is 1. The maximum Gasteiger partial charge on any atom is 0.219 e. The summed E-state index contributed by atoms with van der Waals surface area (Å²) >= 11 is 0. The van der Waals surface area contributed by atoms with Crippen LogP contribution in [0.3, 0.4) is 0 Å². The molecule has 134 valence electrons. The third-order valence-corrected chi connectivity index (χ3v) is 4.72. The van der Waals surface area contributed by atoms with Gasteiger partial charge in [-0.2, -0.15) is 0 Å². The molecule has 3 aromatic rings. The van der Waals surface area contributed by atoms with Gasteiger partial charge in [-0.15, -0.1) is 0 Å². The summed E-state index contributed by atoms with van der Waals surface area (Å²) < 4.78 is 5.41. The number of benzene rings is 2. The highest BCUT2D eigenvalue weighted by Gasteiger charge is 2.17. The number of carbonyl (C=O) groups is 1. The first kappa shape index (κ1) is 18.0. The standard InChI is InChI=1S/C23H25NO2/c1-19(25)24(18-23-13-8-16-26-23)15-14-22(21-11-6-3-7-12-21)17-20-9-4-2-5-10-20/h2-13,16,22H,14-15,17-18H2,1H3/t22-/m1/s1. The Labute approximate surface area is 155 Å². The molecule has 0 fully saturated rings. The van der Waals surface area contributed by atoms with Crippen molar-refractivity contribution in [1.29, 1.82) is 0 Å². The van der Waals surface area contributed by atoms with Crippen LogP contribution in [0, 0.1) is 0 Å². The summed E-state index contributed by atoms with van der Waals surface area (Å²) in [5.74, 6) is 1.27. The minimum Gasteiger partial charge on any atom is -0.467 e. The fourth-order valence-electron chi connectivity index (χ4n) is 3.26. The molecular weight excluding hydrogens is 322 g/mol. The SMILES string of the molecule is CC(=O)N(CC[C@H](Cc1ccccc1)c1ccccc1)Cc1ccco1. The quantitative estimate of drug-likeness (QED) is 0.572. The molecule has 26 heavy (non-hydrogen) atoms. The second-order valence-corrected chi connectivity index (χ2v) is 6.61. The van der Waals surface area contributed by atoms with E-state index in [1.54, 1.807) is 13.2 Å². The highest BCUT2D eigenvalue weighted by molar-refractivity contribution is 5.73. The zero-order chi connectivity index (χ0) is 18.2. The molecule has 0 aliphatic rings. The van der Waals surface area contributed by atoms with Crippen LogP contribution in [0.2, 0.25) is 0 Å². The summed E-state index contributed by atoms with van der Waals surface area (Å²) in [6.45, 7) is 2.86. The molecule has 1 amide bonds. The molecule has 1 aromatic heterocycles. The molecule has 3 rings (SSSR count). The Kier molecular flexibility index (Phi) is 6.26. The fourth-order valence-corrected chi connectivity index (χ4v) is 3.26. The maximum absolute atomic E-state index is 12.1. The lowest BCUT2D eigenvalue weighted by molar-refractivity contribution is -0.129. The highest BCUT2D eigenvalue weighted by atomic mass is 16.3. The topological polar surface area (TPSA) is 33.5 Å². The molecule has 2 aromatic carbocycles. The maximum atomic E-state index is 12.1. The van der Waals surface area contributed by atoms with Crippen molar-refractivity contribution in [3.05, 3.63) is 95.9 Å². The predicted octanol–water partition coefficient (Wildman–Crippen LogP) is 5.04.